The number of ether oxygens (including phenoxy) is 1. The zero-order chi connectivity index (χ0) is 11.7. The van der Waals surface area contributed by atoms with E-state index in [0.29, 0.717) is 0 Å². The predicted molar refractivity (Wildman–Crippen MR) is 50.9 cm³/mol. The smallest absolute Gasteiger partial charge is 0.310 e. The van der Waals surface area contributed by atoms with E-state index < -0.39 is 10.9 Å². The largest absolute Gasteiger partial charge is 0.396 e. The van der Waals surface area contributed by atoms with E-state index in [9.17, 15) is 19.7 Å². The highest BCUT2D eigenvalue weighted by molar-refractivity contribution is 5.73. The number of hydrogen-bond acceptors (Lipinski definition) is 5. The van der Waals surface area contributed by atoms with Crippen molar-refractivity contribution < 1.29 is 19.2 Å². The first-order valence-electron chi connectivity index (χ1n) is 3.88. The van der Waals surface area contributed by atoms with Crippen LogP contribution in [-0.2, 0) is 14.3 Å². The van der Waals surface area contributed by atoms with E-state index in [2.05, 4.69) is 4.74 Å². The lowest BCUT2D eigenvalue weighted by Gasteiger charge is -1.85. The lowest BCUT2D eigenvalue weighted by atomic mass is 10.3. The zero-order valence-corrected chi connectivity index (χ0v) is 7.95. The van der Waals surface area contributed by atoms with Crippen molar-refractivity contribution in [2.45, 2.75) is 6.92 Å². The second-order valence-electron chi connectivity index (χ2n) is 2.30. The Morgan fingerprint density at radius 2 is 1.93 bits per heavy atom. The average molecular weight is 211 g/mol. The van der Waals surface area contributed by atoms with Crippen molar-refractivity contribution in [3.63, 3.8) is 0 Å². The first-order chi connectivity index (χ1) is 7.07. The molecule has 1 aromatic carbocycles. The molecule has 1 rings (SSSR count). The van der Waals surface area contributed by atoms with Gasteiger partial charge in [-0.1, -0.05) is 18.2 Å². The maximum absolute atomic E-state index is 10.0. The Balaban J connectivity index is 0.000000288. The normalized spacial score (nSPS) is 8.07. The lowest BCUT2D eigenvalue weighted by molar-refractivity contribution is -0.384. The summed E-state index contributed by atoms with van der Waals surface area (Å²) >= 11 is 0. The number of nitrogens with zero attached hydrogens (tertiary/aromatic N) is 1. The molecule has 0 aliphatic rings. The highest BCUT2D eigenvalue weighted by Crippen LogP contribution is 2.06. The topological polar surface area (TPSA) is 86.5 Å². The summed E-state index contributed by atoms with van der Waals surface area (Å²) in [5, 5.41) is 10.0. The first-order valence-corrected chi connectivity index (χ1v) is 3.88. The van der Waals surface area contributed by atoms with E-state index in [0.717, 1.165) is 6.92 Å². The second-order valence-corrected chi connectivity index (χ2v) is 2.30. The summed E-state index contributed by atoms with van der Waals surface area (Å²) in [6.45, 7) is 1.26. The molecule has 0 spiro atoms. The molecule has 0 aromatic heterocycles. The number of carbonyl (C=O) groups is 2. The van der Waals surface area contributed by atoms with Gasteiger partial charge in [-0.05, 0) is 0 Å². The van der Waals surface area contributed by atoms with Crippen LogP contribution in [0.3, 0.4) is 0 Å². The predicted octanol–water partition coefficient (Wildman–Crippen LogP) is 1.30. The zero-order valence-electron chi connectivity index (χ0n) is 7.95. The fraction of sp³-hybridized carbons (Fsp3) is 0.111. The molecule has 0 N–H and O–H groups in total. The number of benzene rings is 1. The molecule has 80 valence electrons. The summed E-state index contributed by atoms with van der Waals surface area (Å²) in [5.41, 5.74) is 0.137. The monoisotopic (exact) mass is 211 g/mol. The van der Waals surface area contributed by atoms with Crippen LogP contribution in [0.4, 0.5) is 5.69 Å². The average Bonchev–Trinajstić information content (AvgIpc) is 2.20. The van der Waals surface area contributed by atoms with Gasteiger partial charge in [-0.2, -0.15) is 0 Å². The molecule has 0 bridgehead atoms. The van der Waals surface area contributed by atoms with E-state index >= 15 is 0 Å². The van der Waals surface area contributed by atoms with Gasteiger partial charge in [-0.25, -0.2) is 0 Å². The minimum atomic E-state index is -0.579. The van der Waals surface area contributed by atoms with Gasteiger partial charge in [0.25, 0.3) is 5.69 Å². The third-order valence-electron chi connectivity index (χ3n) is 1.18. The van der Waals surface area contributed by atoms with Gasteiger partial charge in [-0.3, -0.25) is 19.7 Å². The molecule has 6 heteroatoms. The SMILES string of the molecule is CC(=O)OC=O.O=[N+]([O-])c1ccccc1. The molecule has 0 aliphatic carbocycles. The molecule has 0 heterocycles. The molecule has 0 fully saturated rings. The minimum Gasteiger partial charge on any atom is -0.396 e. The summed E-state index contributed by atoms with van der Waals surface area (Å²) < 4.78 is 3.72. The van der Waals surface area contributed by atoms with Crippen LogP contribution < -0.4 is 0 Å². The fourth-order valence-electron chi connectivity index (χ4n) is 0.617. The standard InChI is InChI=1S/C6H5NO2.C3H4O3/c8-7(9)6-4-2-1-3-5-6;1-3(5)6-2-4/h1-5H;2H,1H3. The number of non-ortho nitro benzene ring substituents is 1. The van der Waals surface area contributed by atoms with Gasteiger partial charge in [0.15, 0.2) is 0 Å². The maximum Gasteiger partial charge on any atom is 0.310 e. The quantitative estimate of drug-likeness (QED) is 0.242. The van der Waals surface area contributed by atoms with Gasteiger partial charge < -0.3 is 4.74 Å². The molecule has 0 saturated heterocycles. The molecule has 1 aromatic rings. The number of hydrogen-bond donors (Lipinski definition) is 0. The van der Waals surface area contributed by atoms with Gasteiger partial charge in [0, 0.05) is 19.1 Å². The number of nitro benzene ring substituents is 1. The molecule has 0 amide bonds. The van der Waals surface area contributed by atoms with E-state index in [1.807, 2.05) is 0 Å². The van der Waals surface area contributed by atoms with E-state index in [-0.39, 0.29) is 12.2 Å². The van der Waals surface area contributed by atoms with Gasteiger partial charge in [0.05, 0.1) is 4.92 Å². The Morgan fingerprint density at radius 1 is 1.40 bits per heavy atom. The van der Waals surface area contributed by atoms with Crippen molar-refractivity contribution in [1.82, 2.24) is 0 Å². The van der Waals surface area contributed by atoms with Crippen LogP contribution in [0.2, 0.25) is 0 Å². The van der Waals surface area contributed by atoms with Crippen LogP contribution in [0.15, 0.2) is 30.3 Å². The van der Waals surface area contributed by atoms with Crippen LogP contribution in [0, 0.1) is 10.1 Å². The third kappa shape index (κ3) is 6.88. The van der Waals surface area contributed by atoms with Crippen LogP contribution in [0.25, 0.3) is 0 Å². The highest BCUT2D eigenvalue weighted by atomic mass is 16.6. The van der Waals surface area contributed by atoms with Gasteiger partial charge >= 0.3 is 12.4 Å². The minimum absolute atomic E-state index is 0.0995. The van der Waals surface area contributed by atoms with Crippen molar-refractivity contribution in [2.24, 2.45) is 0 Å². The summed E-state index contributed by atoms with van der Waals surface area (Å²) in [6, 6.07) is 7.93. The number of rotatable bonds is 2. The summed E-state index contributed by atoms with van der Waals surface area (Å²) in [6.07, 6.45) is 0. The highest BCUT2D eigenvalue weighted by Gasteiger charge is 1.98. The Bertz CT molecular complexity index is 336. The van der Waals surface area contributed by atoms with Crippen LogP contribution >= 0.6 is 0 Å². The molecule has 0 aliphatic heterocycles. The van der Waals surface area contributed by atoms with Gasteiger partial charge in [0.2, 0.25) is 0 Å². The summed E-state index contributed by atoms with van der Waals surface area (Å²) in [5.74, 6) is -0.579. The maximum atomic E-state index is 10.0. The van der Waals surface area contributed by atoms with E-state index in [1.54, 1.807) is 18.2 Å². The third-order valence-corrected chi connectivity index (χ3v) is 1.18. The van der Waals surface area contributed by atoms with Gasteiger partial charge in [-0.15, -0.1) is 0 Å². The second kappa shape index (κ2) is 7.19. The molecule has 0 atom stereocenters. The lowest BCUT2D eigenvalue weighted by Crippen LogP contribution is -1.93. The van der Waals surface area contributed by atoms with Gasteiger partial charge in [0.1, 0.15) is 0 Å². The van der Waals surface area contributed by atoms with Crippen LogP contribution in [0.1, 0.15) is 6.92 Å². The molecular weight excluding hydrogens is 202 g/mol. The Morgan fingerprint density at radius 3 is 2.13 bits per heavy atom. The van der Waals surface area contributed by atoms with Crippen LogP contribution in [0.5, 0.6) is 0 Å². The van der Waals surface area contributed by atoms with Crippen LogP contribution in [-0.4, -0.2) is 17.4 Å². The molecular formula is C9H9NO5. The van der Waals surface area contributed by atoms with E-state index in [1.165, 1.54) is 12.1 Å². The number of carbonyl (C=O) groups excluding carboxylic acids is 2. The fourth-order valence-corrected chi connectivity index (χ4v) is 0.617. The molecule has 0 radical (unpaired) electrons. The molecule has 0 saturated carbocycles. The molecule has 6 nitrogen and oxygen atoms in total. The Hall–Kier alpha value is -2.24. The Kier molecular flexibility index (Phi) is 6.12. The van der Waals surface area contributed by atoms with Crippen molar-refractivity contribution in [3.05, 3.63) is 40.4 Å². The number of esters is 1. The Labute approximate surface area is 85.6 Å². The van der Waals surface area contributed by atoms with Crippen molar-refractivity contribution >= 4 is 18.1 Å². The number of para-hydroxylation sites is 1. The first kappa shape index (κ1) is 12.8. The summed E-state index contributed by atoms with van der Waals surface area (Å²) in [7, 11) is 0. The van der Waals surface area contributed by atoms with Crippen molar-refractivity contribution in [3.8, 4) is 0 Å². The number of nitro groups is 1. The summed E-state index contributed by atoms with van der Waals surface area (Å²) in [4.78, 5) is 28.4. The van der Waals surface area contributed by atoms with Crippen molar-refractivity contribution in [1.29, 1.82) is 0 Å². The molecule has 15 heavy (non-hydrogen) atoms. The van der Waals surface area contributed by atoms with E-state index in [4.69, 9.17) is 0 Å². The molecule has 0 unspecified atom stereocenters. The van der Waals surface area contributed by atoms with Crippen molar-refractivity contribution in [2.75, 3.05) is 0 Å².